The maximum atomic E-state index is 7.29. The van der Waals surface area contributed by atoms with Crippen LogP contribution in [0.1, 0.15) is 27.2 Å². The van der Waals surface area contributed by atoms with Gasteiger partial charge in [0.25, 0.3) is 0 Å². The lowest BCUT2D eigenvalue weighted by molar-refractivity contribution is 0.242. The number of ether oxygens (including phenoxy) is 1. The Kier molecular flexibility index (Phi) is 5.42. The summed E-state index contributed by atoms with van der Waals surface area (Å²) in [5.41, 5.74) is 5.40. The lowest BCUT2D eigenvalue weighted by atomic mass is 10.3. The number of nitrogens with two attached hydrogens (primary N) is 1. The molecule has 0 unspecified atom stereocenters. The number of hydrogen-bond acceptors (Lipinski definition) is 4. The van der Waals surface area contributed by atoms with E-state index in [2.05, 4.69) is 9.88 Å². The number of aromatic nitrogens is 1. The molecular weight excluding hydrogens is 228 g/mol. The number of anilines is 1. The minimum atomic E-state index is 0.111. The zero-order valence-electron chi connectivity index (χ0n) is 11.3. The highest BCUT2D eigenvalue weighted by Gasteiger charge is 2.13. The van der Waals surface area contributed by atoms with Crippen LogP contribution in [0.25, 0.3) is 0 Å². The summed E-state index contributed by atoms with van der Waals surface area (Å²) in [4.78, 5) is 6.44. The second-order valence-corrected chi connectivity index (χ2v) is 4.35. The summed E-state index contributed by atoms with van der Waals surface area (Å²) in [5.74, 6) is 1.78. The van der Waals surface area contributed by atoms with Crippen molar-refractivity contribution in [2.75, 3.05) is 18.0 Å². The first-order valence-corrected chi connectivity index (χ1v) is 6.24. The molecule has 0 saturated heterocycles. The standard InChI is InChI=1S/C13H22N4O/c1-4-17(9-7-12(14)15)13-11(18-10(2)3)6-5-8-16-13/h5-6,8,10H,4,7,9H2,1-3H3,(H3,14,15). The van der Waals surface area contributed by atoms with Crippen molar-refractivity contribution in [1.29, 1.82) is 5.41 Å². The molecule has 1 rings (SSSR count). The molecule has 5 heteroatoms. The fourth-order valence-electron chi connectivity index (χ4n) is 1.63. The Morgan fingerprint density at radius 2 is 2.28 bits per heavy atom. The third-order valence-electron chi connectivity index (χ3n) is 2.45. The van der Waals surface area contributed by atoms with Gasteiger partial charge in [-0.25, -0.2) is 4.98 Å². The van der Waals surface area contributed by atoms with Gasteiger partial charge in [-0.1, -0.05) is 0 Å². The maximum absolute atomic E-state index is 7.29. The van der Waals surface area contributed by atoms with E-state index in [-0.39, 0.29) is 11.9 Å². The Hall–Kier alpha value is -1.78. The molecule has 100 valence electrons. The summed E-state index contributed by atoms with van der Waals surface area (Å²) >= 11 is 0. The second-order valence-electron chi connectivity index (χ2n) is 4.35. The smallest absolute Gasteiger partial charge is 0.171 e. The zero-order chi connectivity index (χ0) is 13.5. The molecule has 0 bridgehead atoms. The largest absolute Gasteiger partial charge is 0.487 e. The van der Waals surface area contributed by atoms with Gasteiger partial charge in [-0.15, -0.1) is 0 Å². The molecule has 0 aliphatic rings. The van der Waals surface area contributed by atoms with E-state index in [4.69, 9.17) is 15.9 Å². The molecule has 0 amide bonds. The summed E-state index contributed by atoms with van der Waals surface area (Å²) < 4.78 is 5.75. The summed E-state index contributed by atoms with van der Waals surface area (Å²) in [7, 11) is 0. The number of rotatable bonds is 7. The van der Waals surface area contributed by atoms with Crippen molar-refractivity contribution in [3.63, 3.8) is 0 Å². The van der Waals surface area contributed by atoms with E-state index in [1.54, 1.807) is 6.20 Å². The molecule has 0 fully saturated rings. The van der Waals surface area contributed by atoms with Crippen LogP contribution in [0.2, 0.25) is 0 Å². The molecule has 1 aromatic rings. The zero-order valence-corrected chi connectivity index (χ0v) is 11.3. The van der Waals surface area contributed by atoms with E-state index in [1.165, 1.54) is 0 Å². The summed E-state index contributed by atoms with van der Waals surface area (Å²) in [6.07, 6.45) is 2.39. The normalized spacial score (nSPS) is 10.4. The Balaban J connectivity index is 2.86. The van der Waals surface area contributed by atoms with Gasteiger partial charge in [0.2, 0.25) is 0 Å². The molecular formula is C13H22N4O. The Morgan fingerprint density at radius 1 is 1.56 bits per heavy atom. The van der Waals surface area contributed by atoms with E-state index in [0.29, 0.717) is 13.0 Å². The van der Waals surface area contributed by atoms with Crippen molar-refractivity contribution in [2.45, 2.75) is 33.3 Å². The number of amidine groups is 1. The van der Waals surface area contributed by atoms with Crippen molar-refractivity contribution in [3.8, 4) is 5.75 Å². The van der Waals surface area contributed by atoms with Gasteiger partial charge in [-0.3, -0.25) is 5.41 Å². The Labute approximate surface area is 108 Å². The molecule has 0 spiro atoms. The first-order chi connectivity index (χ1) is 8.54. The summed E-state index contributed by atoms with van der Waals surface area (Å²) in [6.45, 7) is 7.51. The fraction of sp³-hybridized carbons (Fsp3) is 0.538. The van der Waals surface area contributed by atoms with Crippen LogP contribution in [0.3, 0.4) is 0 Å². The molecule has 0 radical (unpaired) electrons. The SMILES string of the molecule is CCN(CCC(=N)N)c1ncccc1OC(C)C. The molecule has 3 N–H and O–H groups in total. The van der Waals surface area contributed by atoms with E-state index in [9.17, 15) is 0 Å². The molecule has 0 aliphatic carbocycles. The van der Waals surface area contributed by atoms with Gasteiger partial charge in [0, 0.05) is 25.7 Å². The maximum Gasteiger partial charge on any atom is 0.171 e. The van der Waals surface area contributed by atoms with Crippen molar-refractivity contribution in [3.05, 3.63) is 18.3 Å². The molecule has 0 aliphatic heterocycles. The molecule has 1 aromatic heterocycles. The van der Waals surface area contributed by atoms with Crippen molar-refractivity contribution >= 4 is 11.7 Å². The van der Waals surface area contributed by atoms with E-state index >= 15 is 0 Å². The molecule has 0 atom stereocenters. The van der Waals surface area contributed by atoms with Crippen molar-refractivity contribution in [2.24, 2.45) is 5.73 Å². The fourth-order valence-corrected chi connectivity index (χ4v) is 1.63. The summed E-state index contributed by atoms with van der Waals surface area (Å²) in [5, 5.41) is 7.29. The first kappa shape index (κ1) is 14.3. The van der Waals surface area contributed by atoms with Gasteiger partial charge in [0.1, 0.15) is 0 Å². The third kappa shape index (κ3) is 4.24. The summed E-state index contributed by atoms with van der Waals surface area (Å²) in [6, 6.07) is 3.78. The predicted molar refractivity (Wildman–Crippen MR) is 74.4 cm³/mol. The van der Waals surface area contributed by atoms with Gasteiger partial charge in [0.05, 0.1) is 11.9 Å². The molecule has 18 heavy (non-hydrogen) atoms. The van der Waals surface area contributed by atoms with Crippen LogP contribution in [-0.2, 0) is 0 Å². The van der Waals surface area contributed by atoms with Crippen LogP contribution in [0.4, 0.5) is 5.82 Å². The van der Waals surface area contributed by atoms with Gasteiger partial charge in [0.15, 0.2) is 11.6 Å². The highest BCUT2D eigenvalue weighted by atomic mass is 16.5. The topological polar surface area (TPSA) is 75.2 Å². The number of pyridine rings is 1. The average Bonchev–Trinajstić information content (AvgIpc) is 2.30. The quantitative estimate of drug-likeness (QED) is 0.573. The third-order valence-corrected chi connectivity index (χ3v) is 2.45. The number of nitrogens with zero attached hydrogens (tertiary/aromatic N) is 2. The van der Waals surface area contributed by atoms with Gasteiger partial charge < -0.3 is 15.4 Å². The lowest BCUT2D eigenvalue weighted by Gasteiger charge is -2.24. The van der Waals surface area contributed by atoms with E-state index in [1.807, 2.05) is 32.9 Å². The van der Waals surface area contributed by atoms with E-state index < -0.39 is 0 Å². The van der Waals surface area contributed by atoms with E-state index in [0.717, 1.165) is 18.1 Å². The molecule has 5 nitrogen and oxygen atoms in total. The molecule has 0 aromatic carbocycles. The highest BCUT2D eigenvalue weighted by molar-refractivity contribution is 5.77. The van der Waals surface area contributed by atoms with Crippen LogP contribution in [0, 0.1) is 5.41 Å². The number of hydrogen-bond donors (Lipinski definition) is 2. The van der Waals surface area contributed by atoms with Crippen LogP contribution in [-0.4, -0.2) is 30.0 Å². The Bertz CT molecular complexity index is 392. The second kappa shape index (κ2) is 6.83. The lowest BCUT2D eigenvalue weighted by Crippen LogP contribution is -2.29. The van der Waals surface area contributed by atoms with Crippen LogP contribution < -0.4 is 15.4 Å². The predicted octanol–water partition coefficient (Wildman–Crippen LogP) is 2.02. The highest BCUT2D eigenvalue weighted by Crippen LogP contribution is 2.26. The first-order valence-electron chi connectivity index (χ1n) is 6.24. The number of nitrogens with one attached hydrogen (secondary N) is 1. The van der Waals surface area contributed by atoms with Gasteiger partial charge in [-0.2, -0.15) is 0 Å². The van der Waals surface area contributed by atoms with Gasteiger partial charge in [-0.05, 0) is 32.9 Å². The van der Waals surface area contributed by atoms with Crippen LogP contribution >= 0.6 is 0 Å². The monoisotopic (exact) mass is 250 g/mol. The van der Waals surface area contributed by atoms with Crippen molar-refractivity contribution in [1.82, 2.24) is 4.98 Å². The average molecular weight is 250 g/mol. The van der Waals surface area contributed by atoms with Crippen LogP contribution in [0.5, 0.6) is 5.75 Å². The Morgan fingerprint density at radius 3 is 2.83 bits per heavy atom. The molecule has 1 heterocycles. The minimum Gasteiger partial charge on any atom is -0.487 e. The van der Waals surface area contributed by atoms with Crippen molar-refractivity contribution < 1.29 is 4.74 Å². The minimum absolute atomic E-state index is 0.111. The molecule has 0 saturated carbocycles. The van der Waals surface area contributed by atoms with Crippen LogP contribution in [0.15, 0.2) is 18.3 Å². The van der Waals surface area contributed by atoms with Gasteiger partial charge >= 0.3 is 0 Å².